The van der Waals surface area contributed by atoms with Gasteiger partial charge >= 0.3 is 0 Å². The molecule has 0 fully saturated rings. The maximum absolute atomic E-state index is 6.74. The van der Waals surface area contributed by atoms with Crippen molar-refractivity contribution in [2.24, 2.45) is 0 Å². The summed E-state index contributed by atoms with van der Waals surface area (Å²) in [4.78, 5) is 2.50. The lowest BCUT2D eigenvalue weighted by molar-refractivity contribution is 0.0144. The van der Waals surface area contributed by atoms with Crippen LogP contribution in [-0.2, 0) is 26.6 Å². The normalized spacial score (nSPS) is 16.9. The van der Waals surface area contributed by atoms with Crippen LogP contribution in [-0.4, -0.2) is 113 Å². The van der Waals surface area contributed by atoms with Crippen LogP contribution in [0.4, 0.5) is 0 Å². The molecule has 0 amide bonds. The van der Waals surface area contributed by atoms with E-state index in [1.54, 1.807) is 0 Å². The monoisotopic (exact) mass is 671 g/mol. The van der Waals surface area contributed by atoms with Crippen molar-refractivity contribution < 1.29 is 26.6 Å². The lowest BCUT2D eigenvalue weighted by atomic mass is 10.2. The summed E-state index contributed by atoms with van der Waals surface area (Å²) in [6.45, 7) is 44.7. The topological polar surface area (TPSA) is 58.6 Å². The molecule has 0 aromatic rings. The summed E-state index contributed by atoms with van der Waals surface area (Å²) in [6, 6.07) is 0. The maximum atomic E-state index is 6.74. The highest BCUT2D eigenvalue weighted by Gasteiger charge is 2.32. The van der Waals surface area contributed by atoms with Gasteiger partial charge in [0.2, 0.25) is 0 Å². The predicted octanol–water partition coefficient (Wildman–Crippen LogP) is 7.50. The molecule has 0 spiro atoms. The Morgan fingerprint density at radius 1 is 0.350 bits per heavy atom. The molecule has 13 heteroatoms. The molecular formula is C27H69NO6Si6. The molecule has 0 saturated heterocycles. The van der Waals surface area contributed by atoms with Crippen molar-refractivity contribution in [3.05, 3.63) is 0 Å². The van der Waals surface area contributed by atoms with Gasteiger partial charge in [-0.2, -0.15) is 0 Å². The molecule has 242 valence electrons. The zero-order chi connectivity index (χ0) is 31.8. The van der Waals surface area contributed by atoms with E-state index in [2.05, 4.69) is 123 Å². The molecule has 0 rings (SSSR count). The van der Waals surface area contributed by atoms with E-state index in [1.807, 2.05) is 0 Å². The van der Waals surface area contributed by atoms with Crippen LogP contribution in [0, 0.1) is 0 Å². The fourth-order valence-corrected chi connectivity index (χ4v) is 9.47. The first-order chi connectivity index (χ1) is 17.5. The van der Waals surface area contributed by atoms with Crippen molar-refractivity contribution in [3.8, 4) is 0 Å². The predicted molar refractivity (Wildman–Crippen MR) is 189 cm³/mol. The molecule has 3 atom stereocenters. The first kappa shape index (κ1) is 41.0. The Kier molecular flexibility index (Phi) is 16.8. The van der Waals surface area contributed by atoms with E-state index in [9.17, 15) is 0 Å². The van der Waals surface area contributed by atoms with E-state index in [1.165, 1.54) is 0 Å². The molecular weight excluding hydrogens is 603 g/mol. The number of hydrogen-bond acceptors (Lipinski definition) is 7. The minimum Gasteiger partial charge on any atom is -0.415 e. The lowest BCUT2D eigenvalue weighted by Gasteiger charge is -2.39. The third-order valence-electron chi connectivity index (χ3n) is 5.05. The second-order valence-corrected chi connectivity index (χ2v) is 44.0. The van der Waals surface area contributed by atoms with Crippen LogP contribution < -0.4 is 0 Å². The van der Waals surface area contributed by atoms with E-state index in [4.69, 9.17) is 26.6 Å². The first-order valence-corrected chi connectivity index (χ1v) is 35.6. The molecule has 0 aliphatic heterocycles. The fraction of sp³-hybridized carbons (Fsp3) is 1.00. The molecule has 3 unspecified atom stereocenters. The standard InChI is InChI=1S/C27H69NO6Si6/c1-35(2,3)29-22-25(32-38(10,11)12)19-28(20-26(33-39(13,14)15)23-30-36(4,5)6)21-27(34-40(16,17)18)24-31-37(7,8)9/h25-27H,19-24H2,1-18H3. The summed E-state index contributed by atoms with van der Waals surface area (Å²) in [5.41, 5.74) is 0. The van der Waals surface area contributed by atoms with Crippen molar-refractivity contribution in [2.75, 3.05) is 39.5 Å². The van der Waals surface area contributed by atoms with Gasteiger partial charge in [-0.1, -0.05) is 0 Å². The van der Waals surface area contributed by atoms with Gasteiger partial charge < -0.3 is 26.6 Å². The molecule has 0 saturated carbocycles. The summed E-state index contributed by atoms with van der Waals surface area (Å²) in [7, 11) is -10.5. The van der Waals surface area contributed by atoms with Gasteiger partial charge in [0.25, 0.3) is 0 Å². The van der Waals surface area contributed by atoms with Crippen LogP contribution in [0.5, 0.6) is 0 Å². The first-order valence-electron chi connectivity index (χ1n) is 15.2. The quantitative estimate of drug-likeness (QED) is 0.117. The van der Waals surface area contributed by atoms with Gasteiger partial charge in [-0.25, -0.2) is 0 Å². The Balaban J connectivity index is 6.27. The van der Waals surface area contributed by atoms with Crippen LogP contribution in [0.15, 0.2) is 0 Å². The largest absolute Gasteiger partial charge is 0.415 e. The molecule has 0 aromatic carbocycles. The molecule has 0 aliphatic carbocycles. The van der Waals surface area contributed by atoms with Gasteiger partial charge in [0.05, 0.1) is 38.1 Å². The number of rotatable bonds is 21. The fourth-order valence-electron chi connectivity index (χ4n) is 3.99. The molecule has 7 nitrogen and oxygen atoms in total. The van der Waals surface area contributed by atoms with Gasteiger partial charge in [-0.3, -0.25) is 4.90 Å². The van der Waals surface area contributed by atoms with Crippen LogP contribution in [0.1, 0.15) is 0 Å². The molecule has 0 bridgehead atoms. The van der Waals surface area contributed by atoms with Crippen molar-refractivity contribution in [3.63, 3.8) is 0 Å². The average Bonchev–Trinajstić information content (AvgIpc) is 2.63. The minimum atomic E-state index is -1.80. The minimum absolute atomic E-state index is 0.00530. The molecule has 0 aromatic heterocycles. The zero-order valence-electron chi connectivity index (χ0n) is 29.9. The van der Waals surface area contributed by atoms with Crippen molar-refractivity contribution in [2.45, 2.75) is 136 Å². The van der Waals surface area contributed by atoms with Gasteiger partial charge in [0, 0.05) is 19.6 Å². The van der Waals surface area contributed by atoms with Crippen LogP contribution >= 0.6 is 0 Å². The zero-order valence-corrected chi connectivity index (χ0v) is 35.9. The van der Waals surface area contributed by atoms with Gasteiger partial charge in [0.15, 0.2) is 49.9 Å². The van der Waals surface area contributed by atoms with E-state index in [0.717, 1.165) is 19.6 Å². The van der Waals surface area contributed by atoms with Crippen molar-refractivity contribution in [1.82, 2.24) is 4.90 Å². The maximum Gasteiger partial charge on any atom is 0.184 e. The molecule has 0 heterocycles. The summed E-state index contributed by atoms with van der Waals surface area (Å²) in [5.74, 6) is 0. The second-order valence-electron chi connectivity index (χ2n) is 17.0. The van der Waals surface area contributed by atoms with E-state index < -0.39 is 49.9 Å². The molecule has 0 radical (unpaired) electrons. The number of nitrogens with zero attached hydrogens (tertiary/aromatic N) is 1. The lowest BCUT2D eigenvalue weighted by Crippen LogP contribution is -2.52. The molecule has 0 aliphatic rings. The molecule has 40 heavy (non-hydrogen) atoms. The summed E-state index contributed by atoms with van der Waals surface area (Å²) >= 11 is 0. The SMILES string of the molecule is C[Si](C)(C)OCC(CN(CC(CO[Si](C)(C)C)O[Si](C)(C)C)CC(CO[Si](C)(C)C)O[Si](C)(C)C)O[Si](C)(C)C. The highest BCUT2D eigenvalue weighted by atomic mass is 28.4. The molecule has 0 N–H and O–H groups in total. The van der Waals surface area contributed by atoms with Crippen molar-refractivity contribution in [1.29, 1.82) is 0 Å². The summed E-state index contributed by atoms with van der Waals surface area (Å²) in [5, 5.41) is 0. The Morgan fingerprint density at radius 3 is 0.700 bits per heavy atom. The van der Waals surface area contributed by atoms with Gasteiger partial charge in [0.1, 0.15) is 0 Å². The summed E-state index contributed by atoms with van der Waals surface area (Å²) < 4.78 is 39.5. The number of hydrogen-bond donors (Lipinski definition) is 0. The Hall–Kier alpha value is 1.02. The van der Waals surface area contributed by atoms with E-state index in [0.29, 0.717) is 19.8 Å². The van der Waals surface area contributed by atoms with Gasteiger partial charge in [-0.15, -0.1) is 0 Å². The third kappa shape index (κ3) is 26.6. The Bertz CT molecular complexity index is 610. The highest BCUT2D eigenvalue weighted by molar-refractivity contribution is 6.71. The second kappa shape index (κ2) is 16.4. The van der Waals surface area contributed by atoms with Crippen molar-refractivity contribution >= 4 is 49.9 Å². The highest BCUT2D eigenvalue weighted by Crippen LogP contribution is 2.18. The smallest absolute Gasteiger partial charge is 0.184 e. The average molecular weight is 672 g/mol. The van der Waals surface area contributed by atoms with E-state index >= 15 is 0 Å². The van der Waals surface area contributed by atoms with E-state index in [-0.39, 0.29) is 18.3 Å². The third-order valence-corrected chi connectivity index (χ3v) is 11.3. The Morgan fingerprint density at radius 2 is 0.550 bits per heavy atom. The summed E-state index contributed by atoms with van der Waals surface area (Å²) in [6.07, 6.45) is -0.0159. The Labute approximate surface area is 256 Å². The van der Waals surface area contributed by atoms with Crippen LogP contribution in [0.25, 0.3) is 0 Å². The van der Waals surface area contributed by atoms with Crippen LogP contribution in [0.3, 0.4) is 0 Å². The van der Waals surface area contributed by atoms with Gasteiger partial charge in [-0.05, 0) is 118 Å². The van der Waals surface area contributed by atoms with Crippen LogP contribution in [0.2, 0.25) is 118 Å².